The molecule has 0 saturated carbocycles. The van der Waals surface area contributed by atoms with Gasteiger partial charge in [0.15, 0.2) is 0 Å². The number of carbonyl (C=O) groups excluding carboxylic acids is 2. The molecule has 0 unspecified atom stereocenters. The fraction of sp³-hybridized carbons (Fsp3) is 0.297. The minimum Gasteiger partial charge on any atom is -0.352 e. The molecule has 0 fully saturated rings. The minimum atomic E-state index is -4.20. The molecule has 242 valence electrons. The molecular formula is C37H42ClN3O4S. The van der Waals surface area contributed by atoms with Gasteiger partial charge >= 0.3 is 0 Å². The molecule has 4 rings (SSSR count). The van der Waals surface area contributed by atoms with Crippen LogP contribution >= 0.6 is 11.6 Å². The number of carbonyl (C=O) groups is 2. The zero-order valence-electron chi connectivity index (χ0n) is 27.0. The normalized spacial score (nSPS) is 12.7. The molecule has 9 heteroatoms. The van der Waals surface area contributed by atoms with E-state index in [1.807, 2.05) is 82.3 Å². The molecule has 0 saturated heterocycles. The van der Waals surface area contributed by atoms with Crippen molar-refractivity contribution >= 4 is 39.1 Å². The summed E-state index contributed by atoms with van der Waals surface area (Å²) in [5, 5.41) is 3.52. The van der Waals surface area contributed by atoms with Crippen LogP contribution in [0.25, 0.3) is 0 Å². The monoisotopic (exact) mass is 659 g/mol. The Bertz CT molecular complexity index is 1760. The first-order chi connectivity index (χ1) is 21.9. The third-order valence-electron chi connectivity index (χ3n) is 8.19. The SMILES string of the molecule is CC[C@H](C)NC(=O)[C@H](Cc1ccccc1)N(Cc1ccccc1C)C(=O)CN(c1ccc(Cl)cc1C)S(=O)(=O)c1ccc(C)cc1. The Morgan fingerprint density at radius 1 is 0.848 bits per heavy atom. The molecule has 0 radical (unpaired) electrons. The van der Waals surface area contributed by atoms with E-state index < -0.39 is 28.5 Å². The number of hydrogen-bond acceptors (Lipinski definition) is 4. The van der Waals surface area contributed by atoms with Crippen LogP contribution in [0.3, 0.4) is 0 Å². The van der Waals surface area contributed by atoms with Crippen LogP contribution in [-0.2, 0) is 32.6 Å². The highest BCUT2D eigenvalue weighted by Gasteiger charge is 2.35. The van der Waals surface area contributed by atoms with E-state index in [0.717, 1.165) is 26.6 Å². The lowest BCUT2D eigenvalue weighted by Gasteiger charge is -2.35. The first kappa shape index (κ1) is 34.7. The van der Waals surface area contributed by atoms with Crippen LogP contribution in [0, 0.1) is 20.8 Å². The van der Waals surface area contributed by atoms with Gasteiger partial charge in [-0.25, -0.2) is 8.42 Å². The summed E-state index contributed by atoms with van der Waals surface area (Å²) < 4.78 is 29.7. The van der Waals surface area contributed by atoms with Crippen LogP contribution in [-0.4, -0.2) is 43.8 Å². The van der Waals surface area contributed by atoms with Crippen molar-refractivity contribution in [2.45, 2.75) is 71.0 Å². The lowest BCUT2D eigenvalue weighted by molar-refractivity contribution is -0.140. The van der Waals surface area contributed by atoms with Crippen LogP contribution in [0.2, 0.25) is 5.02 Å². The molecule has 0 aromatic heterocycles. The second-order valence-corrected chi connectivity index (χ2v) is 14.0. The smallest absolute Gasteiger partial charge is 0.264 e. The summed E-state index contributed by atoms with van der Waals surface area (Å²) in [6.07, 6.45) is 0.972. The van der Waals surface area contributed by atoms with Crippen LogP contribution in [0.1, 0.15) is 48.1 Å². The van der Waals surface area contributed by atoms with E-state index in [2.05, 4.69) is 5.32 Å². The Hall–Kier alpha value is -4.14. The number of rotatable bonds is 13. The van der Waals surface area contributed by atoms with E-state index in [9.17, 15) is 18.0 Å². The number of nitrogens with one attached hydrogen (secondary N) is 1. The topological polar surface area (TPSA) is 86.8 Å². The van der Waals surface area contributed by atoms with Crippen LogP contribution in [0.15, 0.2) is 102 Å². The number of aryl methyl sites for hydroxylation is 3. The minimum absolute atomic E-state index is 0.0565. The number of amides is 2. The summed E-state index contributed by atoms with van der Waals surface area (Å²) in [5.41, 5.74) is 4.53. The van der Waals surface area contributed by atoms with Gasteiger partial charge in [0.1, 0.15) is 12.6 Å². The highest BCUT2D eigenvalue weighted by Crippen LogP contribution is 2.30. The van der Waals surface area contributed by atoms with Crippen molar-refractivity contribution in [2.75, 3.05) is 10.8 Å². The van der Waals surface area contributed by atoms with Gasteiger partial charge in [0.2, 0.25) is 11.8 Å². The average molecular weight is 660 g/mol. The van der Waals surface area contributed by atoms with Crippen molar-refractivity contribution in [3.05, 3.63) is 130 Å². The largest absolute Gasteiger partial charge is 0.352 e. The maximum Gasteiger partial charge on any atom is 0.264 e. The second-order valence-electron chi connectivity index (χ2n) is 11.7. The van der Waals surface area contributed by atoms with Crippen molar-refractivity contribution in [1.82, 2.24) is 10.2 Å². The average Bonchev–Trinajstić information content (AvgIpc) is 3.03. The molecule has 0 heterocycles. The number of nitrogens with zero attached hydrogens (tertiary/aromatic N) is 2. The predicted octanol–water partition coefficient (Wildman–Crippen LogP) is 7.02. The third kappa shape index (κ3) is 8.56. The summed E-state index contributed by atoms with van der Waals surface area (Å²) >= 11 is 6.25. The highest BCUT2D eigenvalue weighted by molar-refractivity contribution is 7.92. The molecule has 0 spiro atoms. The molecule has 4 aromatic rings. The van der Waals surface area contributed by atoms with Crippen molar-refractivity contribution in [3.63, 3.8) is 0 Å². The van der Waals surface area contributed by atoms with E-state index in [1.54, 1.807) is 37.3 Å². The quantitative estimate of drug-likeness (QED) is 0.167. The summed E-state index contributed by atoms with van der Waals surface area (Å²) in [4.78, 5) is 30.2. The predicted molar refractivity (Wildman–Crippen MR) is 185 cm³/mol. The van der Waals surface area contributed by atoms with Crippen molar-refractivity contribution in [2.24, 2.45) is 0 Å². The van der Waals surface area contributed by atoms with E-state index >= 15 is 0 Å². The van der Waals surface area contributed by atoms with Gasteiger partial charge in [0, 0.05) is 24.0 Å². The van der Waals surface area contributed by atoms with E-state index in [-0.39, 0.29) is 29.8 Å². The van der Waals surface area contributed by atoms with Gasteiger partial charge in [-0.3, -0.25) is 13.9 Å². The second kappa shape index (κ2) is 15.4. The molecule has 7 nitrogen and oxygen atoms in total. The Labute approximate surface area is 278 Å². The standard InChI is InChI=1S/C37H42ClN3O4S/c1-6-29(5)39-37(43)35(23-30-13-8-7-9-14-30)40(24-31-15-11-10-12-27(31)3)36(42)25-41(34-21-18-32(38)22-28(34)4)46(44,45)33-19-16-26(2)17-20-33/h7-22,29,35H,6,23-25H2,1-5H3,(H,39,43)/t29-,35-/m0/s1. The molecule has 0 bridgehead atoms. The Morgan fingerprint density at radius 2 is 1.50 bits per heavy atom. The van der Waals surface area contributed by atoms with E-state index in [1.165, 1.54) is 17.0 Å². The van der Waals surface area contributed by atoms with Crippen molar-refractivity contribution < 1.29 is 18.0 Å². The Kier molecular flexibility index (Phi) is 11.7. The first-order valence-corrected chi connectivity index (χ1v) is 17.3. The maximum absolute atomic E-state index is 14.7. The fourth-order valence-electron chi connectivity index (χ4n) is 5.22. The number of sulfonamides is 1. The Morgan fingerprint density at radius 3 is 2.13 bits per heavy atom. The summed E-state index contributed by atoms with van der Waals surface area (Å²) in [6, 6.07) is 27.6. The maximum atomic E-state index is 14.7. The molecule has 4 aromatic carbocycles. The van der Waals surface area contributed by atoms with E-state index in [0.29, 0.717) is 22.7 Å². The molecule has 0 aliphatic rings. The molecule has 2 amide bonds. The van der Waals surface area contributed by atoms with E-state index in [4.69, 9.17) is 11.6 Å². The zero-order chi connectivity index (χ0) is 33.4. The van der Waals surface area contributed by atoms with Gasteiger partial charge in [0.05, 0.1) is 10.6 Å². The summed E-state index contributed by atoms with van der Waals surface area (Å²) in [7, 11) is -4.20. The highest BCUT2D eigenvalue weighted by atomic mass is 35.5. The van der Waals surface area contributed by atoms with Crippen LogP contribution < -0.4 is 9.62 Å². The first-order valence-electron chi connectivity index (χ1n) is 15.4. The number of anilines is 1. The van der Waals surface area contributed by atoms with Crippen LogP contribution in [0.5, 0.6) is 0 Å². The van der Waals surface area contributed by atoms with Crippen LogP contribution in [0.4, 0.5) is 5.69 Å². The van der Waals surface area contributed by atoms with Gasteiger partial charge in [-0.2, -0.15) is 0 Å². The molecule has 46 heavy (non-hydrogen) atoms. The van der Waals surface area contributed by atoms with Gasteiger partial charge in [-0.15, -0.1) is 0 Å². The number of benzene rings is 4. The summed E-state index contributed by atoms with van der Waals surface area (Å²) in [5.74, 6) is -0.802. The fourth-order valence-corrected chi connectivity index (χ4v) is 6.92. The van der Waals surface area contributed by atoms with Gasteiger partial charge in [0.25, 0.3) is 10.0 Å². The molecule has 0 aliphatic heterocycles. The van der Waals surface area contributed by atoms with Gasteiger partial charge in [-0.1, -0.05) is 90.8 Å². The number of halogens is 1. The molecule has 1 N–H and O–H groups in total. The van der Waals surface area contributed by atoms with Crippen molar-refractivity contribution in [3.8, 4) is 0 Å². The lowest BCUT2D eigenvalue weighted by Crippen LogP contribution is -2.54. The molecule has 0 aliphatic carbocycles. The molecule has 2 atom stereocenters. The zero-order valence-corrected chi connectivity index (χ0v) is 28.6. The number of hydrogen-bond donors (Lipinski definition) is 1. The van der Waals surface area contributed by atoms with Gasteiger partial charge < -0.3 is 10.2 Å². The Balaban J connectivity index is 1.84. The third-order valence-corrected chi connectivity index (χ3v) is 10.2. The summed E-state index contributed by atoms with van der Waals surface area (Å²) in [6.45, 7) is 9.09. The van der Waals surface area contributed by atoms with Gasteiger partial charge in [-0.05, 0) is 86.7 Å². The molecular weight excluding hydrogens is 618 g/mol. The lowest BCUT2D eigenvalue weighted by atomic mass is 10.0. The van der Waals surface area contributed by atoms with Crippen molar-refractivity contribution in [1.29, 1.82) is 0 Å².